The molecule has 0 spiro atoms. The van der Waals surface area contributed by atoms with Crippen LogP contribution in [0.4, 0.5) is 0 Å². The van der Waals surface area contributed by atoms with Gasteiger partial charge in [-0.15, -0.1) is 0 Å². The fourth-order valence-electron chi connectivity index (χ4n) is 3.62. The lowest BCUT2D eigenvalue weighted by Gasteiger charge is -2.31. The predicted octanol–water partition coefficient (Wildman–Crippen LogP) is 3.02. The first-order chi connectivity index (χ1) is 13.7. The number of aryl methyl sites for hydroxylation is 1. The summed E-state index contributed by atoms with van der Waals surface area (Å²) in [7, 11) is 0. The number of benzene rings is 1. The van der Waals surface area contributed by atoms with Crippen molar-refractivity contribution in [3.05, 3.63) is 47.5 Å². The molecule has 2 atom stereocenters. The maximum absolute atomic E-state index is 12.8. The zero-order chi connectivity index (χ0) is 21.7. The van der Waals surface area contributed by atoms with Crippen LogP contribution in [0.3, 0.4) is 0 Å². The molecule has 1 aliphatic rings. The van der Waals surface area contributed by atoms with Gasteiger partial charge >= 0.3 is 11.9 Å². The van der Waals surface area contributed by atoms with E-state index >= 15 is 0 Å². The van der Waals surface area contributed by atoms with Gasteiger partial charge in [-0.2, -0.15) is 0 Å². The summed E-state index contributed by atoms with van der Waals surface area (Å²) in [6.45, 7) is 6.42. The van der Waals surface area contributed by atoms with Crippen molar-refractivity contribution < 1.29 is 29.0 Å². The Morgan fingerprint density at radius 2 is 1.62 bits per heavy atom. The minimum Gasteiger partial charge on any atom is -0.465 e. The van der Waals surface area contributed by atoms with Crippen LogP contribution >= 0.6 is 0 Å². The first-order valence-corrected chi connectivity index (χ1v) is 10.0. The molecule has 1 aromatic rings. The van der Waals surface area contributed by atoms with E-state index in [1.165, 1.54) is 13.8 Å². The number of ketones is 1. The molecular weight excluding hydrogens is 372 g/mol. The van der Waals surface area contributed by atoms with Gasteiger partial charge in [0.25, 0.3) is 0 Å². The molecule has 6 nitrogen and oxygen atoms in total. The highest BCUT2D eigenvalue weighted by molar-refractivity contribution is 6.05. The summed E-state index contributed by atoms with van der Waals surface area (Å²) in [5.41, 5.74) is -1.69. The van der Waals surface area contributed by atoms with Gasteiger partial charge in [-0.1, -0.05) is 36.4 Å². The molecule has 0 heterocycles. The van der Waals surface area contributed by atoms with E-state index < -0.39 is 28.9 Å². The van der Waals surface area contributed by atoms with Crippen LogP contribution in [0.15, 0.2) is 42.0 Å². The molecule has 2 rings (SSSR count). The van der Waals surface area contributed by atoms with E-state index in [0.717, 1.165) is 5.56 Å². The van der Waals surface area contributed by atoms with E-state index in [9.17, 15) is 19.5 Å². The molecule has 0 saturated heterocycles. The molecule has 0 amide bonds. The Balaban J connectivity index is 2.24. The molecule has 0 aliphatic heterocycles. The van der Waals surface area contributed by atoms with Gasteiger partial charge in [0.2, 0.25) is 0 Å². The van der Waals surface area contributed by atoms with Gasteiger partial charge in [-0.05, 0) is 58.1 Å². The number of esters is 2. The molecule has 1 N–H and O–H groups in total. The van der Waals surface area contributed by atoms with E-state index in [-0.39, 0.29) is 25.4 Å². The Morgan fingerprint density at radius 3 is 2.14 bits per heavy atom. The number of carbonyl (C=O) groups is 3. The van der Waals surface area contributed by atoms with Crippen LogP contribution in [0.1, 0.15) is 46.1 Å². The summed E-state index contributed by atoms with van der Waals surface area (Å²) in [6.07, 6.45) is 2.76. The van der Waals surface area contributed by atoms with Crippen molar-refractivity contribution in [2.75, 3.05) is 13.2 Å². The predicted molar refractivity (Wildman–Crippen MR) is 108 cm³/mol. The molecule has 0 saturated carbocycles. The summed E-state index contributed by atoms with van der Waals surface area (Å²) in [4.78, 5) is 37.9. The van der Waals surface area contributed by atoms with Crippen LogP contribution < -0.4 is 0 Å². The maximum Gasteiger partial charge on any atom is 0.323 e. The van der Waals surface area contributed by atoms with Crippen LogP contribution in [0.2, 0.25) is 0 Å². The molecule has 6 heteroatoms. The standard InChI is InChI=1S/C23H30O6/c1-5-28-20(25)22(3,21(26)29-6-2)15-18-14-17(19(24)23(18,4)27)13-12-16-10-8-7-9-11-16/h7-11,14,18,27H,5-6,12-13,15H2,1-4H3/t18-,23-/m0/s1. The first-order valence-electron chi connectivity index (χ1n) is 10.0. The zero-order valence-electron chi connectivity index (χ0n) is 17.6. The molecule has 0 fully saturated rings. The topological polar surface area (TPSA) is 89.9 Å². The Morgan fingerprint density at radius 1 is 1.07 bits per heavy atom. The minimum atomic E-state index is -1.69. The molecule has 158 valence electrons. The van der Waals surface area contributed by atoms with Gasteiger partial charge in [0.1, 0.15) is 5.60 Å². The molecule has 0 aromatic heterocycles. The average molecular weight is 402 g/mol. The van der Waals surface area contributed by atoms with E-state index in [1.54, 1.807) is 19.9 Å². The summed E-state index contributed by atoms with van der Waals surface area (Å²) in [5, 5.41) is 10.9. The Labute approximate surface area is 171 Å². The van der Waals surface area contributed by atoms with Crippen LogP contribution in [-0.4, -0.2) is 41.6 Å². The largest absolute Gasteiger partial charge is 0.465 e. The van der Waals surface area contributed by atoms with Gasteiger partial charge in [-0.25, -0.2) is 0 Å². The van der Waals surface area contributed by atoms with Crippen molar-refractivity contribution in [1.29, 1.82) is 0 Å². The van der Waals surface area contributed by atoms with Gasteiger partial charge in [0.15, 0.2) is 11.2 Å². The summed E-state index contributed by atoms with van der Waals surface area (Å²) in [6, 6.07) is 9.75. The second-order valence-corrected chi connectivity index (χ2v) is 7.74. The molecule has 1 aliphatic carbocycles. The summed E-state index contributed by atoms with van der Waals surface area (Å²) >= 11 is 0. The fourth-order valence-corrected chi connectivity index (χ4v) is 3.62. The second-order valence-electron chi connectivity index (χ2n) is 7.74. The molecular formula is C23H30O6. The quantitative estimate of drug-likeness (QED) is 0.504. The Hall–Kier alpha value is -2.47. The van der Waals surface area contributed by atoms with Crippen LogP contribution in [0, 0.1) is 11.3 Å². The van der Waals surface area contributed by atoms with E-state index in [2.05, 4.69) is 0 Å². The monoisotopic (exact) mass is 402 g/mol. The molecule has 29 heavy (non-hydrogen) atoms. The number of ether oxygens (including phenoxy) is 2. The fraction of sp³-hybridized carbons (Fsp3) is 0.522. The Bertz CT molecular complexity index is 760. The van der Waals surface area contributed by atoms with E-state index in [0.29, 0.717) is 18.4 Å². The third-order valence-corrected chi connectivity index (χ3v) is 5.48. The van der Waals surface area contributed by atoms with Crippen molar-refractivity contribution in [3.63, 3.8) is 0 Å². The molecule has 0 bridgehead atoms. The van der Waals surface area contributed by atoms with Gasteiger partial charge in [0, 0.05) is 5.92 Å². The number of carbonyl (C=O) groups excluding carboxylic acids is 3. The first kappa shape index (κ1) is 22.8. The van der Waals surface area contributed by atoms with E-state index in [4.69, 9.17) is 9.47 Å². The number of hydrogen-bond donors (Lipinski definition) is 1. The average Bonchev–Trinajstić information content (AvgIpc) is 2.90. The second kappa shape index (κ2) is 9.35. The Kier molecular flexibility index (Phi) is 7.36. The number of rotatable bonds is 9. The summed E-state index contributed by atoms with van der Waals surface area (Å²) in [5.74, 6) is -2.49. The van der Waals surface area contributed by atoms with Gasteiger partial charge in [0.05, 0.1) is 13.2 Å². The number of aliphatic hydroxyl groups is 1. The van der Waals surface area contributed by atoms with Crippen LogP contribution in [0.5, 0.6) is 0 Å². The lowest BCUT2D eigenvalue weighted by Crippen LogP contribution is -2.46. The van der Waals surface area contributed by atoms with Crippen molar-refractivity contribution in [1.82, 2.24) is 0 Å². The minimum absolute atomic E-state index is 0.0712. The van der Waals surface area contributed by atoms with E-state index in [1.807, 2.05) is 30.3 Å². The number of Topliss-reactive ketones (excluding diaryl/α,β-unsaturated/α-hetero) is 1. The van der Waals surface area contributed by atoms with Crippen LogP contribution in [0.25, 0.3) is 0 Å². The smallest absolute Gasteiger partial charge is 0.323 e. The van der Waals surface area contributed by atoms with Crippen LogP contribution in [-0.2, 0) is 30.3 Å². The van der Waals surface area contributed by atoms with Crippen molar-refractivity contribution in [2.45, 2.75) is 52.6 Å². The van der Waals surface area contributed by atoms with Crippen molar-refractivity contribution in [3.8, 4) is 0 Å². The third kappa shape index (κ3) is 4.93. The highest BCUT2D eigenvalue weighted by Crippen LogP contribution is 2.41. The highest BCUT2D eigenvalue weighted by Gasteiger charge is 2.53. The molecule has 0 unspecified atom stereocenters. The highest BCUT2D eigenvalue weighted by atomic mass is 16.6. The molecule has 0 radical (unpaired) electrons. The number of hydrogen-bond acceptors (Lipinski definition) is 6. The van der Waals surface area contributed by atoms with Gasteiger partial charge in [-0.3, -0.25) is 14.4 Å². The lowest BCUT2D eigenvalue weighted by molar-refractivity contribution is -0.173. The third-order valence-electron chi connectivity index (χ3n) is 5.48. The summed E-state index contributed by atoms with van der Waals surface area (Å²) < 4.78 is 10.2. The van der Waals surface area contributed by atoms with Gasteiger partial charge < -0.3 is 14.6 Å². The normalized spacial score (nSPS) is 21.6. The van der Waals surface area contributed by atoms with Crippen molar-refractivity contribution in [2.24, 2.45) is 11.3 Å². The SMILES string of the molecule is CCOC(=O)C(C)(C[C@@H]1C=C(CCc2ccccc2)C(=O)[C@@]1(C)O)C(=O)OCC. The zero-order valence-corrected chi connectivity index (χ0v) is 17.6. The van der Waals surface area contributed by atoms with Crippen molar-refractivity contribution >= 4 is 17.7 Å². The lowest BCUT2D eigenvalue weighted by atomic mass is 9.76. The molecule has 1 aromatic carbocycles. The maximum atomic E-state index is 12.8.